The molecular formula is C14H19N3O. The van der Waals surface area contributed by atoms with Gasteiger partial charge < -0.3 is 9.73 Å². The first kappa shape index (κ1) is 12.8. The largest absolute Gasteiger partial charge is 0.419 e. The molecule has 4 heteroatoms. The molecule has 18 heavy (non-hydrogen) atoms. The average molecular weight is 245 g/mol. The van der Waals surface area contributed by atoms with Crippen molar-refractivity contribution < 1.29 is 4.42 Å². The predicted octanol–water partition coefficient (Wildman–Crippen LogP) is 2.80. The van der Waals surface area contributed by atoms with Gasteiger partial charge >= 0.3 is 0 Å². The highest BCUT2D eigenvalue weighted by Crippen LogP contribution is 2.22. The van der Waals surface area contributed by atoms with Crippen LogP contribution in [0.1, 0.15) is 32.2 Å². The number of hydrogen-bond donors (Lipinski definition) is 1. The Balaban J connectivity index is 2.18. The number of nitrogens with one attached hydrogen (secondary N) is 1. The van der Waals surface area contributed by atoms with Gasteiger partial charge in [0.15, 0.2) is 0 Å². The zero-order valence-electron chi connectivity index (χ0n) is 11.1. The first-order valence-electron chi connectivity index (χ1n) is 6.34. The van der Waals surface area contributed by atoms with Crippen molar-refractivity contribution >= 4 is 0 Å². The highest BCUT2D eigenvalue weighted by Gasteiger charge is 2.11. The molecule has 1 N–H and O–H groups in total. The number of aromatic nitrogens is 2. The molecule has 0 aliphatic carbocycles. The fraction of sp³-hybridized carbons (Fsp3) is 0.429. The second kappa shape index (κ2) is 5.78. The van der Waals surface area contributed by atoms with Crippen LogP contribution < -0.4 is 5.32 Å². The van der Waals surface area contributed by atoms with Gasteiger partial charge in [0.1, 0.15) is 0 Å². The van der Waals surface area contributed by atoms with Gasteiger partial charge in [-0.2, -0.15) is 0 Å². The molecule has 0 spiro atoms. The van der Waals surface area contributed by atoms with Crippen molar-refractivity contribution in [2.45, 2.75) is 39.8 Å². The topological polar surface area (TPSA) is 51.0 Å². The molecule has 0 aliphatic heterocycles. The molecule has 0 bridgehead atoms. The van der Waals surface area contributed by atoms with E-state index in [4.69, 9.17) is 4.42 Å². The van der Waals surface area contributed by atoms with Crippen molar-refractivity contribution in [3.63, 3.8) is 0 Å². The van der Waals surface area contributed by atoms with Crippen LogP contribution in [-0.2, 0) is 13.0 Å². The van der Waals surface area contributed by atoms with Crippen molar-refractivity contribution in [3.8, 4) is 11.5 Å². The van der Waals surface area contributed by atoms with Crippen molar-refractivity contribution in [1.82, 2.24) is 15.5 Å². The zero-order valence-corrected chi connectivity index (χ0v) is 11.1. The number of benzene rings is 1. The van der Waals surface area contributed by atoms with Crippen LogP contribution in [0.5, 0.6) is 0 Å². The van der Waals surface area contributed by atoms with Crippen LogP contribution in [0.15, 0.2) is 28.7 Å². The predicted molar refractivity (Wildman–Crippen MR) is 71.1 cm³/mol. The van der Waals surface area contributed by atoms with Gasteiger partial charge in [-0.3, -0.25) is 0 Å². The second-order valence-electron chi connectivity index (χ2n) is 4.55. The van der Waals surface area contributed by atoms with E-state index in [0.717, 1.165) is 12.0 Å². The lowest BCUT2D eigenvalue weighted by Crippen LogP contribution is -2.21. The average Bonchev–Trinajstić information content (AvgIpc) is 2.85. The highest BCUT2D eigenvalue weighted by molar-refractivity contribution is 5.58. The van der Waals surface area contributed by atoms with E-state index in [2.05, 4.69) is 42.4 Å². The molecule has 0 unspecified atom stereocenters. The quantitative estimate of drug-likeness (QED) is 0.880. The molecule has 96 valence electrons. The van der Waals surface area contributed by atoms with E-state index >= 15 is 0 Å². The fourth-order valence-corrected chi connectivity index (χ4v) is 1.76. The van der Waals surface area contributed by atoms with Crippen LogP contribution in [0.25, 0.3) is 11.5 Å². The number of nitrogens with zero attached hydrogens (tertiary/aromatic N) is 2. The third kappa shape index (κ3) is 2.96. The molecule has 0 aliphatic rings. The summed E-state index contributed by atoms with van der Waals surface area (Å²) in [6, 6.07) is 8.53. The molecule has 2 aromatic rings. The van der Waals surface area contributed by atoms with Gasteiger partial charge in [-0.25, -0.2) is 0 Å². The van der Waals surface area contributed by atoms with Crippen molar-refractivity contribution in [2.24, 2.45) is 0 Å². The Morgan fingerprint density at radius 1 is 1.22 bits per heavy atom. The van der Waals surface area contributed by atoms with E-state index < -0.39 is 0 Å². The lowest BCUT2D eigenvalue weighted by atomic mass is 10.1. The summed E-state index contributed by atoms with van der Waals surface area (Å²) >= 11 is 0. The maximum Gasteiger partial charge on any atom is 0.248 e. The minimum atomic E-state index is 0.406. The van der Waals surface area contributed by atoms with Crippen molar-refractivity contribution in [3.05, 3.63) is 35.7 Å². The fourth-order valence-electron chi connectivity index (χ4n) is 1.76. The maximum atomic E-state index is 5.68. The molecule has 0 amide bonds. The van der Waals surface area contributed by atoms with E-state index in [1.165, 1.54) is 5.56 Å². The van der Waals surface area contributed by atoms with Crippen LogP contribution in [-0.4, -0.2) is 16.2 Å². The molecule has 1 heterocycles. The first-order valence-corrected chi connectivity index (χ1v) is 6.34. The molecule has 0 fully saturated rings. The van der Waals surface area contributed by atoms with Crippen LogP contribution in [0, 0.1) is 0 Å². The maximum absolute atomic E-state index is 5.68. The normalized spacial score (nSPS) is 11.1. The molecule has 0 saturated carbocycles. The van der Waals surface area contributed by atoms with Crippen LogP contribution in [0.3, 0.4) is 0 Å². The molecule has 4 nitrogen and oxygen atoms in total. The molecule has 2 rings (SSSR count). The Labute approximate surface area is 107 Å². The lowest BCUT2D eigenvalue weighted by molar-refractivity contribution is 0.458. The summed E-state index contributed by atoms with van der Waals surface area (Å²) in [5, 5.41) is 11.4. The second-order valence-corrected chi connectivity index (χ2v) is 4.55. The first-order chi connectivity index (χ1) is 8.70. The molecule has 0 atom stereocenters. The SMILES string of the molecule is CCc1ccccc1-c1nnc(CNC(C)C)o1. The van der Waals surface area contributed by atoms with Crippen LogP contribution in [0.4, 0.5) is 0 Å². The van der Waals surface area contributed by atoms with Gasteiger partial charge in [0.25, 0.3) is 0 Å². The van der Waals surface area contributed by atoms with Gasteiger partial charge in [0.2, 0.25) is 11.8 Å². The Bertz CT molecular complexity index is 505. The summed E-state index contributed by atoms with van der Waals surface area (Å²) in [5.41, 5.74) is 2.26. The Morgan fingerprint density at radius 3 is 2.72 bits per heavy atom. The molecule has 0 saturated heterocycles. The van der Waals surface area contributed by atoms with Crippen molar-refractivity contribution in [1.29, 1.82) is 0 Å². The number of aryl methyl sites for hydroxylation is 1. The summed E-state index contributed by atoms with van der Waals surface area (Å²) < 4.78 is 5.68. The van der Waals surface area contributed by atoms with E-state index in [0.29, 0.717) is 24.4 Å². The summed E-state index contributed by atoms with van der Waals surface area (Å²) in [5.74, 6) is 1.23. The molecular weight excluding hydrogens is 226 g/mol. The minimum Gasteiger partial charge on any atom is -0.419 e. The number of rotatable bonds is 5. The van der Waals surface area contributed by atoms with E-state index in [9.17, 15) is 0 Å². The van der Waals surface area contributed by atoms with Gasteiger partial charge in [-0.15, -0.1) is 10.2 Å². The summed E-state index contributed by atoms with van der Waals surface area (Å²) in [4.78, 5) is 0. The molecule has 0 radical (unpaired) electrons. The Kier molecular flexibility index (Phi) is 4.10. The van der Waals surface area contributed by atoms with Gasteiger partial charge in [-0.1, -0.05) is 39.0 Å². The standard InChI is InChI=1S/C14H19N3O/c1-4-11-7-5-6-8-12(11)14-17-16-13(18-14)9-15-10(2)3/h5-8,10,15H,4,9H2,1-3H3. The van der Waals surface area contributed by atoms with Crippen molar-refractivity contribution in [2.75, 3.05) is 0 Å². The lowest BCUT2D eigenvalue weighted by Gasteiger charge is -2.04. The summed E-state index contributed by atoms with van der Waals surface area (Å²) in [6.45, 7) is 6.91. The summed E-state index contributed by atoms with van der Waals surface area (Å²) in [7, 11) is 0. The monoisotopic (exact) mass is 245 g/mol. The molecule has 1 aromatic heterocycles. The Morgan fingerprint density at radius 2 is 2.00 bits per heavy atom. The number of hydrogen-bond acceptors (Lipinski definition) is 4. The highest BCUT2D eigenvalue weighted by atomic mass is 16.4. The minimum absolute atomic E-state index is 0.406. The third-order valence-corrected chi connectivity index (χ3v) is 2.76. The van der Waals surface area contributed by atoms with E-state index in [1.54, 1.807) is 0 Å². The summed E-state index contributed by atoms with van der Waals surface area (Å²) in [6.07, 6.45) is 0.956. The van der Waals surface area contributed by atoms with Gasteiger partial charge in [0, 0.05) is 11.6 Å². The van der Waals surface area contributed by atoms with Gasteiger partial charge in [-0.05, 0) is 18.1 Å². The Hall–Kier alpha value is -1.68. The molecule has 1 aromatic carbocycles. The van der Waals surface area contributed by atoms with Gasteiger partial charge in [0.05, 0.1) is 6.54 Å². The van der Waals surface area contributed by atoms with E-state index in [1.807, 2.05) is 18.2 Å². The zero-order chi connectivity index (χ0) is 13.0. The van der Waals surface area contributed by atoms with Crippen LogP contribution >= 0.6 is 0 Å². The third-order valence-electron chi connectivity index (χ3n) is 2.76. The smallest absolute Gasteiger partial charge is 0.248 e. The van der Waals surface area contributed by atoms with E-state index in [-0.39, 0.29) is 0 Å². The van der Waals surface area contributed by atoms with Crippen LogP contribution in [0.2, 0.25) is 0 Å².